The third kappa shape index (κ3) is 3.98. The molecule has 2 rings (SSSR count). The van der Waals surface area contributed by atoms with Gasteiger partial charge in [0.2, 0.25) is 0 Å². The molecule has 0 heterocycles. The van der Waals surface area contributed by atoms with Crippen LogP contribution in [-0.2, 0) is 0 Å². The lowest BCUT2D eigenvalue weighted by atomic mass is 10.2. The molecule has 0 bridgehead atoms. The number of ether oxygens (including phenoxy) is 2. The Morgan fingerprint density at radius 2 is 1.57 bits per heavy atom. The Labute approximate surface area is 139 Å². The van der Waals surface area contributed by atoms with E-state index in [9.17, 15) is 4.79 Å². The molecule has 0 saturated heterocycles. The Hall–Kier alpha value is -1.53. The third-order valence-electron chi connectivity index (χ3n) is 2.77. The number of anilines is 1. The lowest BCUT2D eigenvalue weighted by Crippen LogP contribution is -2.12. The molecule has 0 spiro atoms. The first-order chi connectivity index (χ1) is 10.0. The van der Waals surface area contributed by atoms with Gasteiger partial charge in [0.1, 0.15) is 0 Å². The minimum atomic E-state index is -0.204. The molecule has 0 unspecified atom stereocenters. The monoisotopic (exact) mass is 413 g/mol. The SMILES string of the molecule is COc1ccc(NC(=O)c2cc(Br)cc(Br)c2)cc1OC. The van der Waals surface area contributed by atoms with Crippen molar-refractivity contribution in [1.82, 2.24) is 0 Å². The lowest BCUT2D eigenvalue weighted by molar-refractivity contribution is 0.102. The van der Waals surface area contributed by atoms with E-state index in [1.54, 1.807) is 44.6 Å². The molecule has 21 heavy (non-hydrogen) atoms. The predicted octanol–water partition coefficient (Wildman–Crippen LogP) is 4.48. The highest BCUT2D eigenvalue weighted by Crippen LogP contribution is 2.30. The van der Waals surface area contributed by atoms with Gasteiger partial charge in [-0.1, -0.05) is 31.9 Å². The van der Waals surface area contributed by atoms with Crippen molar-refractivity contribution in [2.24, 2.45) is 0 Å². The molecule has 110 valence electrons. The van der Waals surface area contributed by atoms with Crippen LogP contribution in [-0.4, -0.2) is 20.1 Å². The van der Waals surface area contributed by atoms with Crippen molar-refractivity contribution in [2.45, 2.75) is 0 Å². The summed E-state index contributed by atoms with van der Waals surface area (Å²) in [4.78, 5) is 12.2. The number of carbonyl (C=O) groups is 1. The van der Waals surface area contributed by atoms with Gasteiger partial charge in [-0.25, -0.2) is 0 Å². The van der Waals surface area contributed by atoms with Gasteiger partial charge in [-0.2, -0.15) is 0 Å². The quantitative estimate of drug-likeness (QED) is 0.802. The van der Waals surface area contributed by atoms with E-state index in [0.29, 0.717) is 22.7 Å². The number of hydrogen-bond acceptors (Lipinski definition) is 3. The van der Waals surface area contributed by atoms with Gasteiger partial charge in [0, 0.05) is 26.3 Å². The van der Waals surface area contributed by atoms with Gasteiger partial charge < -0.3 is 14.8 Å². The minimum absolute atomic E-state index is 0.204. The molecule has 0 fully saturated rings. The maximum Gasteiger partial charge on any atom is 0.255 e. The summed E-state index contributed by atoms with van der Waals surface area (Å²) in [5, 5.41) is 2.82. The molecule has 0 radical (unpaired) electrons. The molecule has 2 aromatic rings. The van der Waals surface area contributed by atoms with Crippen molar-refractivity contribution in [2.75, 3.05) is 19.5 Å². The number of methoxy groups -OCH3 is 2. The molecule has 0 atom stereocenters. The first kappa shape index (κ1) is 15.9. The molecule has 0 aliphatic rings. The van der Waals surface area contributed by atoms with Crippen molar-refractivity contribution in [1.29, 1.82) is 0 Å². The fourth-order valence-electron chi connectivity index (χ4n) is 1.80. The van der Waals surface area contributed by atoms with Crippen molar-refractivity contribution >= 4 is 43.5 Å². The van der Waals surface area contributed by atoms with E-state index in [4.69, 9.17) is 9.47 Å². The summed E-state index contributed by atoms with van der Waals surface area (Å²) in [5.74, 6) is 0.968. The van der Waals surface area contributed by atoms with Crippen LogP contribution in [0.1, 0.15) is 10.4 Å². The molecular formula is C15H13Br2NO3. The molecule has 1 amide bonds. The molecular weight excluding hydrogens is 402 g/mol. The van der Waals surface area contributed by atoms with Crippen LogP contribution in [0.25, 0.3) is 0 Å². The summed E-state index contributed by atoms with van der Waals surface area (Å²) in [7, 11) is 3.12. The Kier molecular flexibility index (Phi) is 5.25. The normalized spacial score (nSPS) is 10.1. The third-order valence-corrected chi connectivity index (χ3v) is 3.68. The van der Waals surface area contributed by atoms with Gasteiger partial charge in [0.05, 0.1) is 14.2 Å². The van der Waals surface area contributed by atoms with E-state index >= 15 is 0 Å². The van der Waals surface area contributed by atoms with Crippen molar-refractivity contribution in [3.05, 3.63) is 50.9 Å². The highest BCUT2D eigenvalue weighted by Gasteiger charge is 2.10. The summed E-state index contributed by atoms with van der Waals surface area (Å²) in [6, 6.07) is 10.6. The number of rotatable bonds is 4. The molecule has 2 aromatic carbocycles. The topological polar surface area (TPSA) is 47.6 Å². The van der Waals surface area contributed by atoms with Gasteiger partial charge in [0.15, 0.2) is 11.5 Å². The number of nitrogens with one attached hydrogen (secondary N) is 1. The smallest absolute Gasteiger partial charge is 0.255 e. The van der Waals surface area contributed by atoms with E-state index in [2.05, 4.69) is 37.2 Å². The first-order valence-electron chi connectivity index (χ1n) is 6.03. The Bertz CT molecular complexity index is 654. The highest BCUT2D eigenvalue weighted by molar-refractivity contribution is 9.11. The van der Waals surface area contributed by atoms with Crippen LogP contribution in [0.4, 0.5) is 5.69 Å². The van der Waals surface area contributed by atoms with Crippen molar-refractivity contribution < 1.29 is 14.3 Å². The summed E-state index contributed by atoms with van der Waals surface area (Å²) >= 11 is 6.72. The first-order valence-corrected chi connectivity index (χ1v) is 7.61. The van der Waals surface area contributed by atoms with Crippen LogP contribution in [0, 0.1) is 0 Å². The van der Waals surface area contributed by atoms with Gasteiger partial charge in [-0.05, 0) is 30.3 Å². The average molecular weight is 415 g/mol. The standard InChI is InChI=1S/C15H13Br2NO3/c1-20-13-4-3-12(8-14(13)21-2)18-15(19)9-5-10(16)7-11(17)6-9/h3-8H,1-2H3,(H,18,19). The minimum Gasteiger partial charge on any atom is -0.493 e. The zero-order valence-corrected chi connectivity index (χ0v) is 14.6. The van der Waals surface area contributed by atoms with E-state index in [0.717, 1.165) is 8.95 Å². The molecule has 0 saturated carbocycles. The lowest BCUT2D eigenvalue weighted by Gasteiger charge is -2.11. The van der Waals surface area contributed by atoms with Crippen LogP contribution >= 0.6 is 31.9 Å². The number of carbonyl (C=O) groups excluding carboxylic acids is 1. The zero-order chi connectivity index (χ0) is 15.4. The fraction of sp³-hybridized carbons (Fsp3) is 0.133. The van der Waals surface area contributed by atoms with E-state index in [1.165, 1.54) is 0 Å². The number of amides is 1. The van der Waals surface area contributed by atoms with E-state index in [1.807, 2.05) is 6.07 Å². The van der Waals surface area contributed by atoms with E-state index in [-0.39, 0.29) is 5.91 Å². The van der Waals surface area contributed by atoms with Crippen LogP contribution in [0.15, 0.2) is 45.3 Å². The number of hydrogen-bond donors (Lipinski definition) is 1. The fourth-order valence-corrected chi connectivity index (χ4v) is 3.10. The van der Waals surface area contributed by atoms with Crippen molar-refractivity contribution in [3.8, 4) is 11.5 Å². The number of benzene rings is 2. The molecule has 0 aliphatic heterocycles. The van der Waals surface area contributed by atoms with Gasteiger partial charge in [0.25, 0.3) is 5.91 Å². The Balaban J connectivity index is 2.23. The second-order valence-electron chi connectivity index (χ2n) is 4.18. The van der Waals surface area contributed by atoms with Gasteiger partial charge >= 0.3 is 0 Å². The molecule has 0 aliphatic carbocycles. The summed E-state index contributed by atoms with van der Waals surface area (Å²) < 4.78 is 12.0. The summed E-state index contributed by atoms with van der Waals surface area (Å²) in [6.45, 7) is 0. The Morgan fingerprint density at radius 1 is 0.952 bits per heavy atom. The molecule has 0 aromatic heterocycles. The largest absolute Gasteiger partial charge is 0.493 e. The van der Waals surface area contributed by atoms with Crippen molar-refractivity contribution in [3.63, 3.8) is 0 Å². The molecule has 1 N–H and O–H groups in total. The predicted molar refractivity (Wildman–Crippen MR) is 89.3 cm³/mol. The van der Waals surface area contributed by atoms with Crippen LogP contribution < -0.4 is 14.8 Å². The Morgan fingerprint density at radius 3 is 2.14 bits per heavy atom. The molecule has 4 nitrogen and oxygen atoms in total. The number of halogens is 2. The second-order valence-corrected chi connectivity index (χ2v) is 6.01. The zero-order valence-electron chi connectivity index (χ0n) is 11.4. The van der Waals surface area contributed by atoms with Gasteiger partial charge in [-0.15, -0.1) is 0 Å². The maximum absolute atomic E-state index is 12.2. The summed E-state index contributed by atoms with van der Waals surface area (Å²) in [5.41, 5.74) is 1.18. The average Bonchev–Trinajstić information content (AvgIpc) is 2.46. The van der Waals surface area contributed by atoms with Gasteiger partial charge in [-0.3, -0.25) is 4.79 Å². The van der Waals surface area contributed by atoms with Crippen LogP contribution in [0.5, 0.6) is 11.5 Å². The maximum atomic E-state index is 12.2. The second kappa shape index (κ2) is 6.95. The summed E-state index contributed by atoms with van der Waals surface area (Å²) in [6.07, 6.45) is 0. The van der Waals surface area contributed by atoms with E-state index < -0.39 is 0 Å². The van der Waals surface area contributed by atoms with Crippen LogP contribution in [0.2, 0.25) is 0 Å². The highest BCUT2D eigenvalue weighted by atomic mass is 79.9. The van der Waals surface area contributed by atoms with Crippen LogP contribution in [0.3, 0.4) is 0 Å². The molecule has 6 heteroatoms.